The Labute approximate surface area is 208 Å². The number of H-pyrrole nitrogens is 1. The Kier molecular flexibility index (Phi) is 6.38. The van der Waals surface area contributed by atoms with Crippen molar-refractivity contribution < 1.29 is 27.8 Å². The largest absolute Gasteiger partial charge is 0.493 e. The Morgan fingerprint density at radius 1 is 1.31 bits per heavy atom. The van der Waals surface area contributed by atoms with E-state index in [1.54, 1.807) is 25.1 Å². The topological polar surface area (TPSA) is 96.6 Å². The summed E-state index contributed by atoms with van der Waals surface area (Å²) in [6.45, 7) is 5.03. The van der Waals surface area contributed by atoms with Gasteiger partial charge in [0.15, 0.2) is 5.75 Å². The molecule has 0 bridgehead atoms. The van der Waals surface area contributed by atoms with E-state index in [2.05, 4.69) is 34.8 Å². The average Bonchev–Trinajstić information content (AvgIpc) is 3.20. The van der Waals surface area contributed by atoms with Crippen LogP contribution in [-0.2, 0) is 15.9 Å². The maximum absolute atomic E-state index is 13.2. The minimum atomic E-state index is -2.98. The summed E-state index contributed by atoms with van der Waals surface area (Å²) in [6, 6.07) is 5.08. The van der Waals surface area contributed by atoms with Crippen LogP contribution in [0.4, 0.5) is 20.2 Å². The van der Waals surface area contributed by atoms with Crippen LogP contribution in [-0.4, -0.2) is 49.9 Å². The van der Waals surface area contributed by atoms with Gasteiger partial charge in [0.25, 0.3) is 5.91 Å². The molecule has 3 aliphatic heterocycles. The van der Waals surface area contributed by atoms with Crippen molar-refractivity contribution in [1.82, 2.24) is 15.6 Å². The molecular weight excluding hydrogens is 470 g/mol. The molecule has 36 heavy (non-hydrogen) atoms. The zero-order valence-corrected chi connectivity index (χ0v) is 20.5. The standard InChI is InChI=1S/C26H30F2N4O4/c1-14-5-4-6-17(23(14)36-25(27)28)32-22-20-16(8-10-30-24(20)33)31-21(22)15-7-9-29-11-18(15)34-12-19-26(2,3)13-35-19/h4-7,9,19,25,29,31-32H,8,10-13H2,1-3H3,(H,30,33). The number of nitrogens with one attached hydrogen (secondary N) is 4. The second-order valence-electron chi connectivity index (χ2n) is 9.84. The Balaban J connectivity index is 1.56. The molecule has 4 N–H and O–H groups in total. The van der Waals surface area contributed by atoms with Gasteiger partial charge in [0.05, 0.1) is 41.9 Å². The van der Waals surface area contributed by atoms with Crippen LogP contribution in [0.2, 0.25) is 0 Å². The number of carbonyl (C=O) groups is 1. The fraction of sp³-hybridized carbons (Fsp3) is 0.423. The number of hydrogen-bond donors (Lipinski definition) is 4. The van der Waals surface area contributed by atoms with Gasteiger partial charge in [0, 0.05) is 29.6 Å². The van der Waals surface area contributed by atoms with E-state index in [0.29, 0.717) is 66.7 Å². The fourth-order valence-electron chi connectivity index (χ4n) is 4.66. The van der Waals surface area contributed by atoms with Crippen LogP contribution < -0.4 is 20.7 Å². The number of aryl methyl sites for hydroxylation is 1. The van der Waals surface area contributed by atoms with Crippen LogP contribution in [0.15, 0.2) is 36.2 Å². The molecule has 8 nitrogen and oxygen atoms in total. The van der Waals surface area contributed by atoms with Gasteiger partial charge in [-0.15, -0.1) is 0 Å². The highest BCUT2D eigenvalue weighted by Crippen LogP contribution is 2.40. The van der Waals surface area contributed by atoms with E-state index in [9.17, 15) is 13.6 Å². The van der Waals surface area contributed by atoms with Gasteiger partial charge in [0.2, 0.25) is 0 Å². The monoisotopic (exact) mass is 500 g/mol. The number of aromatic amines is 1. The Morgan fingerprint density at radius 2 is 2.14 bits per heavy atom. The molecule has 1 aromatic carbocycles. The summed E-state index contributed by atoms with van der Waals surface area (Å²) in [5.41, 5.74) is 4.02. The number of hydrogen-bond acceptors (Lipinski definition) is 6. The lowest BCUT2D eigenvalue weighted by Crippen LogP contribution is -2.50. The molecular formula is C26H30F2N4O4. The maximum Gasteiger partial charge on any atom is 0.387 e. The van der Waals surface area contributed by atoms with Gasteiger partial charge in [-0.3, -0.25) is 4.79 Å². The highest BCUT2D eigenvalue weighted by molar-refractivity contribution is 6.06. The molecule has 192 valence electrons. The van der Waals surface area contributed by atoms with Crippen molar-refractivity contribution in [3.63, 3.8) is 0 Å². The van der Waals surface area contributed by atoms with E-state index < -0.39 is 6.61 Å². The summed E-state index contributed by atoms with van der Waals surface area (Å²) in [5, 5.41) is 9.27. The number of dihydropyridines is 1. The van der Waals surface area contributed by atoms with E-state index in [1.807, 2.05) is 12.3 Å². The van der Waals surface area contributed by atoms with Gasteiger partial charge in [-0.25, -0.2) is 0 Å². The van der Waals surface area contributed by atoms with Crippen LogP contribution in [0.25, 0.3) is 5.57 Å². The second kappa shape index (κ2) is 9.50. The molecule has 0 saturated carbocycles. The third-order valence-electron chi connectivity index (χ3n) is 6.78. The van der Waals surface area contributed by atoms with Crippen molar-refractivity contribution in [3.8, 4) is 5.75 Å². The number of halogens is 2. The first-order valence-electron chi connectivity index (χ1n) is 12.0. The third-order valence-corrected chi connectivity index (χ3v) is 6.78. The molecule has 2 aromatic rings. The van der Waals surface area contributed by atoms with Gasteiger partial charge >= 0.3 is 6.61 Å². The van der Waals surface area contributed by atoms with Crippen molar-refractivity contribution in [2.24, 2.45) is 5.41 Å². The van der Waals surface area contributed by atoms with Crippen molar-refractivity contribution in [1.29, 1.82) is 0 Å². The van der Waals surface area contributed by atoms with Crippen molar-refractivity contribution in [2.45, 2.75) is 39.9 Å². The lowest BCUT2D eigenvalue weighted by molar-refractivity contribution is -0.186. The highest BCUT2D eigenvalue weighted by Gasteiger charge is 2.41. The second-order valence-corrected chi connectivity index (χ2v) is 9.84. The predicted molar refractivity (Wildman–Crippen MR) is 131 cm³/mol. The minimum absolute atomic E-state index is 0.0151. The normalized spacial score (nSPS) is 20.4. The van der Waals surface area contributed by atoms with E-state index >= 15 is 0 Å². The first kappa shape index (κ1) is 24.2. The number of benzene rings is 1. The summed E-state index contributed by atoms with van der Waals surface area (Å²) < 4.78 is 43.1. The zero-order chi connectivity index (χ0) is 25.4. The Hall–Kier alpha value is -3.53. The maximum atomic E-state index is 13.2. The van der Waals surface area contributed by atoms with E-state index in [-0.39, 0.29) is 23.2 Å². The smallest absolute Gasteiger partial charge is 0.387 e. The van der Waals surface area contributed by atoms with Gasteiger partial charge in [0.1, 0.15) is 12.4 Å². The summed E-state index contributed by atoms with van der Waals surface area (Å²) in [4.78, 5) is 16.3. The van der Waals surface area contributed by atoms with Crippen molar-refractivity contribution in [3.05, 3.63) is 58.7 Å². The molecule has 4 heterocycles. The highest BCUT2D eigenvalue weighted by atomic mass is 19.3. The molecule has 0 aliphatic carbocycles. The number of anilines is 2. The summed E-state index contributed by atoms with van der Waals surface area (Å²) in [7, 11) is 0. The number of fused-ring (bicyclic) bond motifs is 1. The molecule has 1 fully saturated rings. The van der Waals surface area contributed by atoms with Crippen LogP contribution in [0.1, 0.15) is 41.2 Å². The Bertz CT molecular complexity index is 1230. The lowest BCUT2D eigenvalue weighted by atomic mass is 9.83. The molecule has 1 saturated heterocycles. The lowest BCUT2D eigenvalue weighted by Gasteiger charge is -2.44. The SMILES string of the molecule is Cc1cccc(Nc2c(C3=C(OCC4OCC4(C)C)CNC=C3)[nH]c3c2C(=O)NCC3)c1OC(F)F. The number of ether oxygens (including phenoxy) is 3. The van der Waals surface area contributed by atoms with Gasteiger partial charge in [-0.2, -0.15) is 8.78 Å². The first-order valence-corrected chi connectivity index (χ1v) is 12.0. The molecule has 1 atom stereocenters. The van der Waals surface area contributed by atoms with Crippen LogP contribution in [0.5, 0.6) is 5.75 Å². The van der Waals surface area contributed by atoms with Crippen LogP contribution in [0, 0.1) is 12.3 Å². The fourth-order valence-corrected chi connectivity index (χ4v) is 4.66. The number of carbonyl (C=O) groups excluding carboxylic acids is 1. The molecule has 1 unspecified atom stereocenters. The van der Waals surface area contributed by atoms with Crippen molar-refractivity contribution >= 4 is 22.9 Å². The molecule has 0 radical (unpaired) electrons. The zero-order valence-electron chi connectivity index (χ0n) is 20.5. The van der Waals surface area contributed by atoms with E-state index in [1.165, 1.54) is 0 Å². The van der Waals surface area contributed by atoms with E-state index in [4.69, 9.17) is 14.2 Å². The Morgan fingerprint density at radius 3 is 2.86 bits per heavy atom. The van der Waals surface area contributed by atoms with Gasteiger partial charge in [-0.05, 0) is 30.8 Å². The summed E-state index contributed by atoms with van der Waals surface area (Å²) in [5.74, 6) is 0.482. The first-order chi connectivity index (χ1) is 17.2. The van der Waals surface area contributed by atoms with Crippen molar-refractivity contribution in [2.75, 3.05) is 31.6 Å². The van der Waals surface area contributed by atoms with Gasteiger partial charge < -0.3 is 35.1 Å². The van der Waals surface area contributed by atoms with Crippen LogP contribution in [0.3, 0.4) is 0 Å². The average molecular weight is 501 g/mol. The minimum Gasteiger partial charge on any atom is -0.493 e. The quantitative estimate of drug-likeness (QED) is 0.434. The summed E-state index contributed by atoms with van der Waals surface area (Å²) >= 11 is 0. The number of allylic oxidation sites excluding steroid dienone is 2. The third kappa shape index (κ3) is 4.53. The predicted octanol–water partition coefficient (Wildman–Crippen LogP) is 4.22. The number of aromatic nitrogens is 1. The van der Waals surface area contributed by atoms with Crippen LogP contribution >= 0.6 is 0 Å². The molecule has 3 aliphatic rings. The number of para-hydroxylation sites is 1. The molecule has 0 spiro atoms. The summed E-state index contributed by atoms with van der Waals surface area (Å²) in [6.07, 6.45) is 4.28. The number of amides is 1. The molecule has 1 amide bonds. The van der Waals surface area contributed by atoms with E-state index in [0.717, 1.165) is 11.3 Å². The number of alkyl halides is 2. The van der Waals surface area contributed by atoms with Gasteiger partial charge in [-0.1, -0.05) is 26.0 Å². The molecule has 1 aromatic heterocycles. The number of rotatable bonds is 8. The molecule has 5 rings (SSSR count). The molecule has 10 heteroatoms.